The van der Waals surface area contributed by atoms with Gasteiger partial charge in [-0.05, 0) is 0 Å². The predicted octanol–water partition coefficient (Wildman–Crippen LogP) is 4.39. The van der Waals surface area contributed by atoms with E-state index < -0.39 is 0 Å². The molecule has 0 nitrogen and oxygen atoms in total. The van der Waals surface area contributed by atoms with Crippen molar-refractivity contribution in [2.24, 2.45) is 0 Å². The van der Waals surface area contributed by atoms with Crippen molar-refractivity contribution in [1.29, 1.82) is 0 Å². The van der Waals surface area contributed by atoms with Crippen LogP contribution in [0.5, 0.6) is 0 Å². The monoisotopic (exact) mass is 382 g/mol. The van der Waals surface area contributed by atoms with Crippen molar-refractivity contribution in [2.45, 2.75) is 66.2 Å². The van der Waals surface area contributed by atoms with Gasteiger partial charge in [0.25, 0.3) is 0 Å². The quantitative estimate of drug-likeness (QED) is 0.583. The van der Waals surface area contributed by atoms with Crippen molar-refractivity contribution >= 4 is 0 Å². The zero-order chi connectivity index (χ0) is 8.24. The van der Waals surface area contributed by atoms with Gasteiger partial charge in [-0.3, -0.25) is 0 Å². The summed E-state index contributed by atoms with van der Waals surface area (Å²) in [6.45, 7) is 8.00. The van der Waals surface area contributed by atoms with E-state index in [2.05, 4.69) is 0 Å². The van der Waals surface area contributed by atoms with Crippen LogP contribution in [-0.2, 0) is 0 Å². The minimum absolute atomic E-state index is 0. The van der Waals surface area contributed by atoms with Gasteiger partial charge in [0.1, 0.15) is 0 Å². The molecule has 0 spiro atoms. The van der Waals surface area contributed by atoms with Crippen LogP contribution in [0, 0.1) is 31.1 Å². The van der Waals surface area contributed by atoms with Crippen molar-refractivity contribution < 1.29 is 31.1 Å². The Bertz CT molecular complexity index is 20.3. The molecule has 1 saturated carbocycles. The molecule has 0 aromatic rings. The van der Waals surface area contributed by atoms with Crippen LogP contribution in [0.3, 0.4) is 0 Å². The molecule has 1 aliphatic carbocycles. The molecule has 11 heavy (non-hydrogen) atoms. The predicted molar refractivity (Wildman–Crippen MR) is 50.4 cm³/mol. The Morgan fingerprint density at radius 3 is 0.636 bits per heavy atom. The maximum absolute atomic E-state index is 2.00. The van der Waals surface area contributed by atoms with E-state index in [4.69, 9.17) is 0 Å². The van der Waals surface area contributed by atoms with Gasteiger partial charge in [-0.15, -0.1) is 0 Å². The van der Waals surface area contributed by atoms with Crippen LogP contribution in [0.4, 0.5) is 0 Å². The van der Waals surface area contributed by atoms with Crippen molar-refractivity contribution in [3.63, 3.8) is 0 Å². The van der Waals surface area contributed by atoms with Crippen molar-refractivity contribution in [3.8, 4) is 0 Å². The Labute approximate surface area is 96.9 Å². The average molecular weight is 382 g/mol. The van der Waals surface area contributed by atoms with Gasteiger partial charge >= 0.3 is 0 Å². The molecule has 1 aliphatic rings. The summed E-state index contributed by atoms with van der Waals surface area (Å²) in [6, 6.07) is 0. The van der Waals surface area contributed by atoms with E-state index in [-0.39, 0.29) is 31.1 Å². The Kier molecular flexibility index (Phi) is 36.7. The largest absolute Gasteiger partial charge is 0.0683 e. The second-order valence-corrected chi connectivity index (χ2v) is 2.12. The summed E-state index contributed by atoms with van der Waals surface area (Å²) in [7, 11) is 0. The number of hydrogen-bond acceptors (Lipinski definition) is 0. The van der Waals surface area contributed by atoms with Crippen LogP contribution in [0.15, 0.2) is 0 Å². The standard InChI is InChI=1S/C6H12.2C2H6.U/c1-2-4-6-5-3-1;2*1-2;/h1-6H2;2*1-2H3;. The number of hydrogen-bond donors (Lipinski definition) is 0. The fourth-order valence-electron chi connectivity index (χ4n) is 1.06. The van der Waals surface area contributed by atoms with Crippen LogP contribution in [0.2, 0.25) is 0 Å². The summed E-state index contributed by atoms with van der Waals surface area (Å²) < 4.78 is 0. The Balaban J connectivity index is -0.000000114. The molecule has 0 bridgehead atoms. The van der Waals surface area contributed by atoms with Gasteiger partial charge in [0, 0.05) is 31.1 Å². The fourth-order valence-corrected chi connectivity index (χ4v) is 1.06. The van der Waals surface area contributed by atoms with Gasteiger partial charge in [0.05, 0.1) is 0 Å². The van der Waals surface area contributed by atoms with Gasteiger partial charge in [-0.1, -0.05) is 66.2 Å². The van der Waals surface area contributed by atoms with Crippen molar-refractivity contribution in [1.82, 2.24) is 0 Å². The molecule has 0 saturated heterocycles. The summed E-state index contributed by atoms with van der Waals surface area (Å²) in [5.41, 5.74) is 0. The van der Waals surface area contributed by atoms with Gasteiger partial charge in [-0.25, -0.2) is 0 Å². The molecule has 0 unspecified atom stereocenters. The van der Waals surface area contributed by atoms with E-state index in [0.29, 0.717) is 0 Å². The third kappa shape index (κ3) is 18.2. The molecule has 1 rings (SSSR count). The van der Waals surface area contributed by atoms with Crippen LogP contribution >= 0.6 is 0 Å². The van der Waals surface area contributed by atoms with Crippen LogP contribution in [0.1, 0.15) is 66.2 Å². The van der Waals surface area contributed by atoms with Crippen LogP contribution < -0.4 is 0 Å². The summed E-state index contributed by atoms with van der Waals surface area (Å²) >= 11 is 0. The van der Waals surface area contributed by atoms with Gasteiger partial charge < -0.3 is 0 Å². The maximum atomic E-state index is 2.00. The second kappa shape index (κ2) is 22.5. The SMILES string of the molecule is C1CCCCC1.CC.CC.[U]. The molecule has 0 amide bonds. The molecule has 0 aromatic carbocycles. The summed E-state index contributed by atoms with van der Waals surface area (Å²) in [5, 5.41) is 0. The zero-order valence-electron chi connectivity index (χ0n) is 8.74. The van der Waals surface area contributed by atoms with Gasteiger partial charge in [0.2, 0.25) is 0 Å². The summed E-state index contributed by atoms with van der Waals surface area (Å²) in [5.74, 6) is 0. The van der Waals surface area contributed by atoms with Crippen LogP contribution in [-0.4, -0.2) is 0 Å². The van der Waals surface area contributed by atoms with E-state index in [0.717, 1.165) is 0 Å². The molecule has 0 radical (unpaired) electrons. The first kappa shape index (κ1) is 18.0. The third-order valence-electron chi connectivity index (χ3n) is 1.50. The first-order chi connectivity index (χ1) is 5.00. The fraction of sp³-hybridized carbons (Fsp3) is 1.00. The minimum atomic E-state index is 0. The zero-order valence-corrected chi connectivity index (χ0v) is 12.9. The Morgan fingerprint density at radius 2 is 0.545 bits per heavy atom. The van der Waals surface area contributed by atoms with E-state index in [1.165, 1.54) is 38.5 Å². The summed E-state index contributed by atoms with van der Waals surface area (Å²) in [6.07, 6.45) is 9.00. The van der Waals surface area contributed by atoms with Crippen molar-refractivity contribution in [3.05, 3.63) is 0 Å². The van der Waals surface area contributed by atoms with E-state index >= 15 is 0 Å². The van der Waals surface area contributed by atoms with Crippen LogP contribution in [0.25, 0.3) is 0 Å². The second-order valence-electron chi connectivity index (χ2n) is 2.12. The first-order valence-corrected chi connectivity index (χ1v) is 5.00. The molecular weight excluding hydrogens is 358 g/mol. The Morgan fingerprint density at radius 1 is 0.455 bits per heavy atom. The van der Waals surface area contributed by atoms with Gasteiger partial charge in [-0.2, -0.15) is 0 Å². The molecule has 1 fully saturated rings. The number of rotatable bonds is 0. The molecule has 0 atom stereocenters. The molecule has 0 heterocycles. The molecule has 0 aromatic heterocycles. The molecule has 0 N–H and O–H groups in total. The molecular formula is C10H24U. The molecule has 0 aliphatic heterocycles. The molecule has 1 heteroatoms. The van der Waals surface area contributed by atoms with Crippen molar-refractivity contribution in [2.75, 3.05) is 0 Å². The smallest absolute Gasteiger partial charge is 0 e. The molecule has 68 valence electrons. The Hall–Kier alpha value is 1.05. The van der Waals surface area contributed by atoms with Gasteiger partial charge in [0.15, 0.2) is 0 Å². The topological polar surface area (TPSA) is 0 Å². The minimum Gasteiger partial charge on any atom is -0.0683 e. The van der Waals surface area contributed by atoms with E-state index in [1.807, 2.05) is 27.7 Å². The van der Waals surface area contributed by atoms with E-state index in [1.54, 1.807) is 0 Å². The normalized spacial score (nSPS) is 14.2. The maximum Gasteiger partial charge on any atom is 0 e. The average Bonchev–Trinajstić information content (AvgIpc) is 2.14. The first-order valence-electron chi connectivity index (χ1n) is 5.00. The third-order valence-corrected chi connectivity index (χ3v) is 1.50. The summed E-state index contributed by atoms with van der Waals surface area (Å²) in [4.78, 5) is 0. The van der Waals surface area contributed by atoms with E-state index in [9.17, 15) is 0 Å².